The topological polar surface area (TPSA) is 199 Å². The molecule has 0 bridgehead atoms. The molecule has 1 fully saturated rings. The van der Waals surface area contributed by atoms with Crippen LogP contribution in [0.2, 0.25) is 0 Å². The summed E-state index contributed by atoms with van der Waals surface area (Å²) in [6.07, 6.45) is 0.0329. The minimum Gasteiger partial charge on any atom is -0.508 e. The van der Waals surface area contributed by atoms with Crippen LogP contribution < -0.4 is 16.4 Å². The summed E-state index contributed by atoms with van der Waals surface area (Å²) in [5.74, 6) is -4.87. The molecule has 0 radical (unpaired) electrons. The van der Waals surface area contributed by atoms with Crippen LogP contribution in [0.3, 0.4) is 0 Å². The molecule has 12 heteroatoms. The lowest BCUT2D eigenvalue weighted by Crippen LogP contribution is -2.57. The minimum absolute atomic E-state index is 0.00722. The average molecular weight is 464 g/mol. The summed E-state index contributed by atoms with van der Waals surface area (Å²) in [4.78, 5) is 61.8. The normalized spacial score (nSPS) is 18.1. The number of amides is 3. The second-order valence-corrected chi connectivity index (χ2v) is 7.91. The minimum atomic E-state index is -1.70. The number of nitrogens with two attached hydrogens (primary N) is 1. The highest BCUT2D eigenvalue weighted by Gasteiger charge is 2.37. The molecule has 1 aromatic carbocycles. The van der Waals surface area contributed by atoms with Crippen molar-refractivity contribution in [2.75, 3.05) is 6.54 Å². The second kappa shape index (κ2) is 11.3. The van der Waals surface area contributed by atoms with E-state index in [1.807, 2.05) is 0 Å². The Morgan fingerprint density at radius 1 is 1.09 bits per heavy atom. The highest BCUT2D eigenvalue weighted by atomic mass is 16.4. The third-order valence-corrected chi connectivity index (χ3v) is 5.23. The zero-order valence-electron chi connectivity index (χ0n) is 18.1. The summed E-state index contributed by atoms with van der Waals surface area (Å²) in [6.45, 7) is 1.85. The second-order valence-electron chi connectivity index (χ2n) is 7.91. The maximum Gasteiger partial charge on any atom is 0.326 e. The molecule has 33 heavy (non-hydrogen) atoms. The van der Waals surface area contributed by atoms with Gasteiger partial charge in [-0.3, -0.25) is 19.2 Å². The van der Waals surface area contributed by atoms with Crippen molar-refractivity contribution < 1.29 is 39.3 Å². The maximum atomic E-state index is 13.0. The zero-order valence-corrected chi connectivity index (χ0v) is 18.1. The molecule has 0 saturated carbocycles. The quantitative estimate of drug-likeness (QED) is 0.246. The molecule has 12 nitrogen and oxygen atoms in total. The third-order valence-electron chi connectivity index (χ3n) is 5.23. The smallest absolute Gasteiger partial charge is 0.326 e. The van der Waals surface area contributed by atoms with Gasteiger partial charge in [0.2, 0.25) is 17.7 Å². The van der Waals surface area contributed by atoms with E-state index >= 15 is 0 Å². The first-order valence-corrected chi connectivity index (χ1v) is 10.4. The Morgan fingerprint density at radius 3 is 2.27 bits per heavy atom. The highest BCUT2D eigenvalue weighted by molar-refractivity contribution is 5.95. The standard InChI is InChI=1S/C21H28N4O8/c1-11(22)20(31)25-8-2-3-16(25)19(30)23-14(9-12-4-6-13(26)7-5-12)18(29)24-15(21(32)33)10-17(27)28/h4-7,11,14-16,26H,2-3,8-10,22H2,1H3,(H,23,30)(H,24,29)(H,27,28)(H,32,33). The maximum absolute atomic E-state index is 13.0. The van der Waals surface area contributed by atoms with E-state index in [4.69, 9.17) is 10.8 Å². The van der Waals surface area contributed by atoms with Crippen molar-refractivity contribution in [2.24, 2.45) is 5.73 Å². The highest BCUT2D eigenvalue weighted by Crippen LogP contribution is 2.19. The van der Waals surface area contributed by atoms with Crippen LogP contribution in [0.1, 0.15) is 31.7 Å². The first-order valence-electron chi connectivity index (χ1n) is 10.4. The van der Waals surface area contributed by atoms with E-state index in [1.165, 1.54) is 36.1 Å². The van der Waals surface area contributed by atoms with Crippen LogP contribution in [-0.4, -0.2) is 80.6 Å². The number of carbonyl (C=O) groups excluding carboxylic acids is 3. The van der Waals surface area contributed by atoms with Gasteiger partial charge in [0.05, 0.1) is 12.5 Å². The average Bonchev–Trinajstić information content (AvgIpc) is 3.23. The van der Waals surface area contributed by atoms with E-state index in [2.05, 4.69) is 10.6 Å². The molecule has 2 rings (SSSR count). The Morgan fingerprint density at radius 2 is 1.73 bits per heavy atom. The number of carbonyl (C=O) groups is 5. The van der Waals surface area contributed by atoms with Gasteiger partial charge in [0, 0.05) is 13.0 Å². The number of aromatic hydroxyl groups is 1. The van der Waals surface area contributed by atoms with Crippen molar-refractivity contribution in [3.63, 3.8) is 0 Å². The van der Waals surface area contributed by atoms with Crippen LogP contribution in [0, 0.1) is 0 Å². The first-order chi connectivity index (χ1) is 15.5. The van der Waals surface area contributed by atoms with E-state index in [0.717, 1.165) is 0 Å². The van der Waals surface area contributed by atoms with Gasteiger partial charge in [0.25, 0.3) is 0 Å². The number of carboxylic acids is 2. The van der Waals surface area contributed by atoms with E-state index < -0.39 is 60.2 Å². The monoisotopic (exact) mass is 464 g/mol. The molecule has 3 amide bonds. The molecule has 7 N–H and O–H groups in total. The van der Waals surface area contributed by atoms with E-state index in [0.29, 0.717) is 24.9 Å². The summed E-state index contributed by atoms with van der Waals surface area (Å²) in [6, 6.07) is 1.22. The number of phenolic OH excluding ortho intramolecular Hbond substituents is 1. The number of benzene rings is 1. The predicted molar refractivity (Wildman–Crippen MR) is 114 cm³/mol. The molecule has 1 aliphatic heterocycles. The Balaban J connectivity index is 2.22. The largest absolute Gasteiger partial charge is 0.508 e. The summed E-state index contributed by atoms with van der Waals surface area (Å²) < 4.78 is 0. The molecule has 4 atom stereocenters. The Kier molecular flexibility index (Phi) is 8.74. The molecule has 1 aliphatic rings. The third kappa shape index (κ3) is 7.17. The van der Waals surface area contributed by atoms with Gasteiger partial charge in [-0.25, -0.2) is 4.79 Å². The first kappa shape index (κ1) is 25.6. The molecule has 0 aliphatic carbocycles. The lowest BCUT2D eigenvalue weighted by Gasteiger charge is -2.28. The Hall–Kier alpha value is -3.67. The Labute approximate surface area is 189 Å². The molecule has 1 heterocycles. The SMILES string of the molecule is CC(N)C(=O)N1CCCC1C(=O)NC(Cc1ccc(O)cc1)C(=O)NC(CC(=O)O)C(=O)O. The molecular formula is C21H28N4O8. The number of nitrogens with zero attached hydrogens (tertiary/aromatic N) is 1. The molecule has 180 valence electrons. The van der Waals surface area contributed by atoms with Crippen molar-refractivity contribution in [3.8, 4) is 5.75 Å². The lowest BCUT2D eigenvalue weighted by atomic mass is 10.0. The van der Waals surface area contributed by atoms with Gasteiger partial charge in [-0.05, 0) is 37.5 Å². The van der Waals surface area contributed by atoms with Crippen LogP contribution in [0.15, 0.2) is 24.3 Å². The lowest BCUT2D eigenvalue weighted by molar-refractivity contribution is -0.147. The van der Waals surface area contributed by atoms with Gasteiger partial charge >= 0.3 is 11.9 Å². The van der Waals surface area contributed by atoms with E-state index in [9.17, 15) is 34.2 Å². The van der Waals surface area contributed by atoms with Crippen LogP contribution in [0.5, 0.6) is 5.75 Å². The molecule has 1 aromatic rings. The summed E-state index contributed by atoms with van der Waals surface area (Å²) >= 11 is 0. The number of phenols is 1. The fourth-order valence-corrected chi connectivity index (χ4v) is 3.56. The number of carboxylic acid groups (broad SMARTS) is 2. The van der Waals surface area contributed by atoms with Gasteiger partial charge in [-0.1, -0.05) is 12.1 Å². The Bertz CT molecular complexity index is 902. The number of rotatable bonds is 10. The van der Waals surface area contributed by atoms with Gasteiger partial charge in [-0.2, -0.15) is 0 Å². The van der Waals surface area contributed by atoms with Gasteiger partial charge in [-0.15, -0.1) is 0 Å². The van der Waals surface area contributed by atoms with Gasteiger partial charge < -0.3 is 36.6 Å². The summed E-state index contributed by atoms with van der Waals surface area (Å²) in [5.41, 5.74) is 6.20. The van der Waals surface area contributed by atoms with E-state index in [-0.39, 0.29) is 12.2 Å². The number of nitrogens with one attached hydrogen (secondary N) is 2. The number of likely N-dealkylation sites (tertiary alicyclic amines) is 1. The van der Waals surface area contributed by atoms with Crippen LogP contribution in [-0.2, 0) is 30.4 Å². The van der Waals surface area contributed by atoms with Crippen LogP contribution in [0.4, 0.5) is 0 Å². The van der Waals surface area contributed by atoms with Crippen molar-refractivity contribution in [1.82, 2.24) is 15.5 Å². The molecule has 0 aromatic heterocycles. The van der Waals surface area contributed by atoms with Crippen LogP contribution in [0.25, 0.3) is 0 Å². The van der Waals surface area contributed by atoms with Crippen molar-refractivity contribution in [2.45, 2.75) is 56.8 Å². The zero-order chi connectivity index (χ0) is 24.7. The molecule has 0 spiro atoms. The molecule has 1 saturated heterocycles. The number of aliphatic carboxylic acids is 2. The van der Waals surface area contributed by atoms with Crippen molar-refractivity contribution in [1.29, 1.82) is 0 Å². The molecular weight excluding hydrogens is 436 g/mol. The number of hydrogen-bond acceptors (Lipinski definition) is 7. The summed E-state index contributed by atoms with van der Waals surface area (Å²) in [5, 5.41) is 32.3. The van der Waals surface area contributed by atoms with Crippen molar-refractivity contribution >= 4 is 29.7 Å². The number of hydrogen-bond donors (Lipinski definition) is 6. The fourth-order valence-electron chi connectivity index (χ4n) is 3.56. The van der Waals surface area contributed by atoms with E-state index in [1.54, 1.807) is 0 Å². The summed E-state index contributed by atoms with van der Waals surface area (Å²) in [7, 11) is 0. The van der Waals surface area contributed by atoms with Gasteiger partial charge in [0.15, 0.2) is 0 Å². The van der Waals surface area contributed by atoms with Gasteiger partial charge in [0.1, 0.15) is 23.9 Å². The fraction of sp³-hybridized carbons (Fsp3) is 0.476. The molecule has 4 unspecified atom stereocenters. The predicted octanol–water partition coefficient (Wildman–Crippen LogP) is -1.20. The van der Waals surface area contributed by atoms with Crippen molar-refractivity contribution in [3.05, 3.63) is 29.8 Å². The van der Waals surface area contributed by atoms with Crippen LogP contribution >= 0.6 is 0 Å².